The van der Waals surface area contributed by atoms with Gasteiger partial charge in [0.05, 0.1) is 25.0 Å². The Kier molecular flexibility index (Phi) is 5.56. The third-order valence-corrected chi connectivity index (χ3v) is 4.66. The minimum Gasteiger partial charge on any atom is -0.497 e. The van der Waals surface area contributed by atoms with Crippen molar-refractivity contribution in [3.63, 3.8) is 0 Å². The molecule has 3 rings (SSSR count). The number of halogens is 1. The number of aromatic nitrogens is 1. The maximum Gasteiger partial charge on any atom is 0.183 e. The van der Waals surface area contributed by atoms with E-state index >= 15 is 0 Å². The molecule has 0 radical (unpaired) electrons. The zero-order chi connectivity index (χ0) is 16.8. The Morgan fingerprint density at radius 1 is 1.00 bits per heavy atom. The van der Waals surface area contributed by atoms with Gasteiger partial charge in [0.2, 0.25) is 0 Å². The highest BCUT2D eigenvalue weighted by Crippen LogP contribution is 2.24. The normalized spacial score (nSPS) is 10.4. The van der Waals surface area contributed by atoms with Gasteiger partial charge < -0.3 is 15.4 Å². The lowest BCUT2D eigenvalue weighted by molar-refractivity contribution is 0.414. The van der Waals surface area contributed by atoms with E-state index < -0.39 is 0 Å². The summed E-state index contributed by atoms with van der Waals surface area (Å²) in [5, 5.41) is 6.89. The largest absolute Gasteiger partial charge is 0.497 e. The van der Waals surface area contributed by atoms with Gasteiger partial charge in [-0.25, -0.2) is 4.98 Å². The van der Waals surface area contributed by atoms with Crippen LogP contribution >= 0.6 is 22.9 Å². The molecule has 0 saturated carbocycles. The van der Waals surface area contributed by atoms with Crippen molar-refractivity contribution in [1.29, 1.82) is 0 Å². The van der Waals surface area contributed by atoms with Crippen molar-refractivity contribution in [2.24, 2.45) is 0 Å². The predicted molar refractivity (Wildman–Crippen MR) is 101 cm³/mol. The van der Waals surface area contributed by atoms with Crippen molar-refractivity contribution < 1.29 is 4.74 Å². The number of methoxy groups -OCH3 is 1. The molecule has 0 bridgehead atoms. The second-order valence-corrected chi connectivity index (χ2v) is 6.88. The molecule has 0 aliphatic heterocycles. The molecule has 0 aliphatic carbocycles. The zero-order valence-corrected chi connectivity index (χ0v) is 14.8. The molecular weight excluding hydrogens is 342 g/mol. The lowest BCUT2D eigenvalue weighted by atomic mass is 10.2. The summed E-state index contributed by atoms with van der Waals surface area (Å²) in [5.74, 6) is 0.865. The van der Waals surface area contributed by atoms with Gasteiger partial charge in [-0.05, 0) is 29.8 Å². The van der Waals surface area contributed by atoms with Gasteiger partial charge in [0.1, 0.15) is 5.75 Å². The highest BCUT2D eigenvalue weighted by molar-refractivity contribution is 7.15. The standard InChI is InChI=1S/C18H18ClN3OS/c1-23-14-8-6-13(7-9-14)10-20-16-4-2-3-5-17(16)21-11-15-12-22-18(19)24-15/h2-9,12,20-21H,10-11H2,1H3. The van der Waals surface area contributed by atoms with Crippen LogP contribution in [0, 0.1) is 0 Å². The van der Waals surface area contributed by atoms with Gasteiger partial charge in [-0.15, -0.1) is 11.3 Å². The first-order valence-electron chi connectivity index (χ1n) is 7.54. The van der Waals surface area contributed by atoms with Crippen LogP contribution in [0.25, 0.3) is 0 Å². The summed E-state index contributed by atoms with van der Waals surface area (Å²) in [6.07, 6.45) is 1.80. The van der Waals surface area contributed by atoms with Crippen molar-refractivity contribution in [2.75, 3.05) is 17.7 Å². The molecule has 0 unspecified atom stereocenters. The van der Waals surface area contributed by atoms with Gasteiger partial charge in [0.15, 0.2) is 4.47 Å². The fourth-order valence-corrected chi connectivity index (χ4v) is 3.20. The fourth-order valence-electron chi connectivity index (χ4n) is 2.28. The smallest absolute Gasteiger partial charge is 0.183 e. The third-order valence-electron chi connectivity index (χ3n) is 3.55. The first-order chi connectivity index (χ1) is 11.7. The van der Waals surface area contributed by atoms with Crippen LogP contribution in [-0.2, 0) is 13.1 Å². The van der Waals surface area contributed by atoms with Gasteiger partial charge in [0, 0.05) is 17.6 Å². The number of ether oxygens (including phenoxy) is 1. The Morgan fingerprint density at radius 3 is 2.25 bits per heavy atom. The molecule has 1 aromatic heterocycles. The lowest BCUT2D eigenvalue weighted by Crippen LogP contribution is -2.04. The summed E-state index contributed by atoms with van der Waals surface area (Å²) in [5.41, 5.74) is 3.30. The molecule has 6 heteroatoms. The second-order valence-electron chi connectivity index (χ2n) is 5.18. The Hall–Kier alpha value is -2.24. The van der Waals surface area contributed by atoms with E-state index in [0.29, 0.717) is 11.0 Å². The summed E-state index contributed by atoms with van der Waals surface area (Å²) < 4.78 is 5.75. The minimum absolute atomic E-state index is 0.567. The molecule has 2 N–H and O–H groups in total. The number of hydrogen-bond donors (Lipinski definition) is 2. The summed E-state index contributed by atoms with van der Waals surface area (Å²) in [6.45, 7) is 1.45. The number of benzene rings is 2. The molecule has 0 fully saturated rings. The monoisotopic (exact) mass is 359 g/mol. The Balaban J connectivity index is 1.62. The molecule has 0 aliphatic rings. The zero-order valence-electron chi connectivity index (χ0n) is 13.3. The van der Waals surface area contributed by atoms with Crippen molar-refractivity contribution in [1.82, 2.24) is 4.98 Å². The van der Waals surface area contributed by atoms with Gasteiger partial charge in [-0.1, -0.05) is 35.9 Å². The van der Waals surface area contributed by atoms with Crippen molar-refractivity contribution in [3.05, 3.63) is 69.6 Å². The number of thiazole rings is 1. The van der Waals surface area contributed by atoms with Crippen LogP contribution in [0.5, 0.6) is 5.75 Å². The highest BCUT2D eigenvalue weighted by Gasteiger charge is 2.04. The maximum absolute atomic E-state index is 5.87. The van der Waals surface area contributed by atoms with Crippen LogP contribution in [0.4, 0.5) is 11.4 Å². The first kappa shape index (κ1) is 16.6. The number of hydrogen-bond acceptors (Lipinski definition) is 5. The quantitative estimate of drug-likeness (QED) is 0.621. The molecule has 3 aromatic rings. The molecule has 4 nitrogen and oxygen atoms in total. The third kappa shape index (κ3) is 4.40. The average Bonchev–Trinajstić information content (AvgIpc) is 3.04. The van der Waals surface area contributed by atoms with E-state index in [0.717, 1.165) is 28.5 Å². The molecule has 1 heterocycles. The number of anilines is 2. The summed E-state index contributed by atoms with van der Waals surface area (Å²) in [6, 6.07) is 16.2. The van der Waals surface area contributed by atoms with E-state index in [1.54, 1.807) is 13.3 Å². The molecule has 0 atom stereocenters. The molecule has 0 amide bonds. The maximum atomic E-state index is 5.87. The molecule has 0 saturated heterocycles. The fraction of sp³-hybridized carbons (Fsp3) is 0.167. The minimum atomic E-state index is 0.567. The molecule has 2 aromatic carbocycles. The lowest BCUT2D eigenvalue weighted by Gasteiger charge is -2.13. The molecule has 24 heavy (non-hydrogen) atoms. The first-order valence-corrected chi connectivity index (χ1v) is 8.74. The topological polar surface area (TPSA) is 46.2 Å². The second kappa shape index (κ2) is 8.04. The van der Waals surface area contributed by atoms with E-state index in [2.05, 4.69) is 39.9 Å². The number of para-hydroxylation sites is 2. The molecular formula is C18H18ClN3OS. The number of rotatable bonds is 7. The van der Waals surface area contributed by atoms with Crippen LogP contribution in [0.3, 0.4) is 0 Å². The summed E-state index contributed by atoms with van der Waals surface area (Å²) in [4.78, 5) is 5.16. The van der Waals surface area contributed by atoms with Crippen LogP contribution in [0.2, 0.25) is 4.47 Å². The molecule has 124 valence electrons. The van der Waals surface area contributed by atoms with E-state index in [4.69, 9.17) is 16.3 Å². The van der Waals surface area contributed by atoms with Crippen LogP contribution in [-0.4, -0.2) is 12.1 Å². The molecule has 0 spiro atoms. The van der Waals surface area contributed by atoms with E-state index in [1.165, 1.54) is 16.9 Å². The van der Waals surface area contributed by atoms with Gasteiger partial charge in [-0.3, -0.25) is 0 Å². The van der Waals surface area contributed by atoms with E-state index in [9.17, 15) is 0 Å². The van der Waals surface area contributed by atoms with Crippen molar-refractivity contribution in [2.45, 2.75) is 13.1 Å². The van der Waals surface area contributed by atoms with E-state index in [-0.39, 0.29) is 0 Å². The number of nitrogens with one attached hydrogen (secondary N) is 2. The SMILES string of the molecule is COc1ccc(CNc2ccccc2NCc2cnc(Cl)s2)cc1. The van der Waals surface area contributed by atoms with Gasteiger partial charge in [0.25, 0.3) is 0 Å². The number of nitrogens with zero attached hydrogens (tertiary/aromatic N) is 1. The van der Waals surface area contributed by atoms with Gasteiger partial charge in [-0.2, -0.15) is 0 Å². The highest BCUT2D eigenvalue weighted by atomic mass is 35.5. The van der Waals surface area contributed by atoms with Crippen LogP contribution < -0.4 is 15.4 Å². The summed E-state index contributed by atoms with van der Waals surface area (Å²) >= 11 is 7.36. The van der Waals surface area contributed by atoms with Crippen LogP contribution in [0.15, 0.2) is 54.7 Å². The average molecular weight is 360 g/mol. The van der Waals surface area contributed by atoms with Crippen molar-refractivity contribution in [3.8, 4) is 5.75 Å². The van der Waals surface area contributed by atoms with Crippen LogP contribution in [0.1, 0.15) is 10.4 Å². The summed E-state index contributed by atoms with van der Waals surface area (Å²) in [7, 11) is 1.67. The van der Waals surface area contributed by atoms with E-state index in [1.807, 2.05) is 24.3 Å². The predicted octanol–water partition coefficient (Wildman–Crippen LogP) is 5.03. The van der Waals surface area contributed by atoms with Crippen molar-refractivity contribution >= 4 is 34.3 Å². The Labute approximate surface area is 150 Å². The Morgan fingerprint density at radius 2 is 1.67 bits per heavy atom. The van der Waals surface area contributed by atoms with Gasteiger partial charge >= 0.3 is 0 Å². The Bertz CT molecular complexity index is 789.